The van der Waals surface area contributed by atoms with Crippen molar-refractivity contribution in [1.29, 1.82) is 0 Å². The molecule has 3 aromatic rings. The summed E-state index contributed by atoms with van der Waals surface area (Å²) >= 11 is 6.15. The van der Waals surface area contributed by atoms with Crippen LogP contribution in [0.4, 0.5) is 0 Å². The van der Waals surface area contributed by atoms with E-state index in [9.17, 15) is 9.59 Å². The molecule has 172 valence electrons. The quantitative estimate of drug-likeness (QED) is 0.323. The van der Waals surface area contributed by atoms with E-state index in [2.05, 4.69) is 12.2 Å². The van der Waals surface area contributed by atoms with Gasteiger partial charge in [0.25, 0.3) is 5.91 Å². The molecule has 0 radical (unpaired) electrons. The lowest BCUT2D eigenvalue weighted by atomic mass is 10.0. The molecule has 1 atom stereocenters. The molecule has 1 amide bonds. The average molecular weight is 474 g/mol. The SMILES string of the molecule is COC(=O)c1cc(-c2cccc(COc3ccc4c(c3)CN(C3C=CCC3)C4=O)c2)ccc1Cl. The number of hydrogen-bond donors (Lipinski definition) is 0. The minimum absolute atomic E-state index is 0.0973. The maximum Gasteiger partial charge on any atom is 0.339 e. The van der Waals surface area contributed by atoms with Crippen LogP contribution >= 0.6 is 11.6 Å². The molecule has 0 bridgehead atoms. The standard InChI is InChI=1S/C28H24ClNO4/c1-33-28(32)25-15-20(9-12-26(25)29)19-6-4-5-18(13-19)17-34-23-10-11-24-21(14-23)16-30(27(24)31)22-7-2-3-8-22/h2,4-7,9-15,22H,3,8,16-17H2,1H3. The van der Waals surface area contributed by atoms with Crippen LogP contribution in [0.15, 0.2) is 72.8 Å². The number of methoxy groups -OCH3 is 1. The van der Waals surface area contributed by atoms with Gasteiger partial charge in [-0.1, -0.05) is 48.0 Å². The van der Waals surface area contributed by atoms with Crippen LogP contribution < -0.4 is 4.74 Å². The van der Waals surface area contributed by atoms with Gasteiger partial charge in [0.05, 0.1) is 23.7 Å². The van der Waals surface area contributed by atoms with Gasteiger partial charge in [-0.25, -0.2) is 4.79 Å². The molecule has 5 rings (SSSR count). The Labute approximate surface area is 203 Å². The first-order valence-electron chi connectivity index (χ1n) is 11.2. The lowest BCUT2D eigenvalue weighted by Crippen LogP contribution is -2.32. The molecule has 3 aromatic carbocycles. The van der Waals surface area contributed by atoms with E-state index in [-0.39, 0.29) is 11.9 Å². The third-order valence-electron chi connectivity index (χ3n) is 6.33. The van der Waals surface area contributed by atoms with E-state index >= 15 is 0 Å². The highest BCUT2D eigenvalue weighted by Gasteiger charge is 2.32. The van der Waals surface area contributed by atoms with Crippen LogP contribution in [0.1, 0.15) is 44.7 Å². The van der Waals surface area contributed by atoms with Crippen LogP contribution in [0.25, 0.3) is 11.1 Å². The van der Waals surface area contributed by atoms with Crippen molar-refractivity contribution in [2.75, 3.05) is 7.11 Å². The highest BCUT2D eigenvalue weighted by atomic mass is 35.5. The summed E-state index contributed by atoms with van der Waals surface area (Å²) in [6.07, 6.45) is 6.29. The van der Waals surface area contributed by atoms with Crippen LogP contribution in [0.5, 0.6) is 5.75 Å². The van der Waals surface area contributed by atoms with Gasteiger partial charge >= 0.3 is 5.97 Å². The first-order chi connectivity index (χ1) is 16.5. The van der Waals surface area contributed by atoms with E-state index in [0.717, 1.165) is 46.4 Å². The Morgan fingerprint density at radius 2 is 1.94 bits per heavy atom. The van der Waals surface area contributed by atoms with E-state index in [4.69, 9.17) is 21.1 Å². The molecule has 0 aromatic heterocycles. The molecule has 0 saturated heterocycles. The predicted octanol–water partition coefficient (Wildman–Crippen LogP) is 6.05. The Morgan fingerprint density at radius 1 is 1.09 bits per heavy atom. The number of rotatable bonds is 6. The zero-order chi connectivity index (χ0) is 23.7. The molecule has 0 saturated carbocycles. The summed E-state index contributed by atoms with van der Waals surface area (Å²) in [7, 11) is 1.33. The van der Waals surface area contributed by atoms with Gasteiger partial charge in [-0.15, -0.1) is 0 Å². The van der Waals surface area contributed by atoms with Crippen LogP contribution in [0.2, 0.25) is 5.02 Å². The van der Waals surface area contributed by atoms with Crippen LogP contribution in [0.3, 0.4) is 0 Å². The van der Waals surface area contributed by atoms with Gasteiger partial charge in [0.1, 0.15) is 12.4 Å². The summed E-state index contributed by atoms with van der Waals surface area (Å²) < 4.78 is 10.9. The van der Waals surface area contributed by atoms with Gasteiger partial charge < -0.3 is 14.4 Å². The van der Waals surface area contributed by atoms with Gasteiger partial charge in [-0.3, -0.25) is 4.79 Å². The van der Waals surface area contributed by atoms with Crippen molar-refractivity contribution in [2.24, 2.45) is 0 Å². The Kier molecular flexibility index (Phi) is 6.12. The molecule has 1 heterocycles. The second-order valence-electron chi connectivity index (χ2n) is 8.50. The highest BCUT2D eigenvalue weighted by molar-refractivity contribution is 6.33. The normalized spacial score (nSPS) is 16.6. The van der Waals surface area contributed by atoms with E-state index in [0.29, 0.717) is 23.7 Å². The number of fused-ring (bicyclic) bond motifs is 1. The van der Waals surface area contributed by atoms with Crippen molar-refractivity contribution < 1.29 is 19.1 Å². The number of allylic oxidation sites excluding steroid dienone is 1. The molecular weight excluding hydrogens is 450 g/mol. The molecule has 34 heavy (non-hydrogen) atoms. The van der Waals surface area contributed by atoms with E-state index in [1.54, 1.807) is 12.1 Å². The topological polar surface area (TPSA) is 55.8 Å². The second-order valence-corrected chi connectivity index (χ2v) is 8.91. The van der Waals surface area contributed by atoms with Gasteiger partial charge in [0.15, 0.2) is 0 Å². The van der Waals surface area contributed by atoms with Crippen molar-refractivity contribution in [1.82, 2.24) is 4.90 Å². The molecule has 5 nitrogen and oxygen atoms in total. The van der Waals surface area contributed by atoms with Crippen molar-refractivity contribution in [3.05, 3.63) is 100 Å². The first kappa shape index (κ1) is 22.2. The number of carbonyl (C=O) groups is 2. The molecule has 6 heteroatoms. The Morgan fingerprint density at radius 3 is 2.74 bits per heavy atom. The fraction of sp³-hybridized carbons (Fsp3) is 0.214. The van der Waals surface area contributed by atoms with Gasteiger partial charge in [-0.2, -0.15) is 0 Å². The number of hydrogen-bond acceptors (Lipinski definition) is 4. The number of nitrogens with zero attached hydrogens (tertiary/aromatic N) is 1. The Hall–Kier alpha value is -3.57. The van der Waals surface area contributed by atoms with Crippen molar-refractivity contribution in [3.8, 4) is 16.9 Å². The fourth-order valence-electron chi connectivity index (χ4n) is 4.53. The maximum atomic E-state index is 12.8. The third kappa shape index (κ3) is 4.31. The van der Waals surface area contributed by atoms with E-state index in [1.165, 1.54) is 7.11 Å². The predicted molar refractivity (Wildman–Crippen MR) is 131 cm³/mol. The summed E-state index contributed by atoms with van der Waals surface area (Å²) in [6.45, 7) is 1.00. The number of carbonyl (C=O) groups excluding carboxylic acids is 2. The minimum atomic E-state index is -0.469. The molecule has 0 fully saturated rings. The number of benzene rings is 3. The molecule has 0 N–H and O–H groups in total. The summed E-state index contributed by atoms with van der Waals surface area (Å²) in [4.78, 5) is 26.7. The zero-order valence-corrected chi connectivity index (χ0v) is 19.5. The Balaban J connectivity index is 1.30. The molecule has 1 aliphatic heterocycles. The summed E-state index contributed by atoms with van der Waals surface area (Å²) in [5.41, 5.74) is 4.90. The minimum Gasteiger partial charge on any atom is -0.489 e. The van der Waals surface area contributed by atoms with Crippen LogP contribution in [-0.4, -0.2) is 29.9 Å². The highest BCUT2D eigenvalue weighted by Crippen LogP contribution is 2.32. The molecule has 2 aliphatic rings. The summed E-state index contributed by atoms with van der Waals surface area (Å²) in [6, 6.07) is 19.1. The van der Waals surface area contributed by atoms with Gasteiger partial charge in [0.2, 0.25) is 0 Å². The molecular formula is C28H24ClNO4. The monoisotopic (exact) mass is 473 g/mol. The number of ether oxygens (including phenoxy) is 2. The molecule has 0 spiro atoms. The van der Waals surface area contributed by atoms with E-state index < -0.39 is 5.97 Å². The van der Waals surface area contributed by atoms with Crippen LogP contribution in [0, 0.1) is 0 Å². The average Bonchev–Trinajstić information content (AvgIpc) is 3.51. The summed E-state index contributed by atoms with van der Waals surface area (Å²) in [5.74, 6) is 0.365. The zero-order valence-electron chi connectivity index (χ0n) is 18.8. The van der Waals surface area contributed by atoms with Crippen LogP contribution in [-0.2, 0) is 17.9 Å². The molecule has 1 aliphatic carbocycles. The number of esters is 1. The van der Waals surface area contributed by atoms with Crippen molar-refractivity contribution >= 4 is 23.5 Å². The lowest BCUT2D eigenvalue weighted by molar-refractivity contribution is 0.0600. The molecule has 1 unspecified atom stereocenters. The van der Waals surface area contributed by atoms with Crippen molar-refractivity contribution in [3.63, 3.8) is 0 Å². The fourth-order valence-corrected chi connectivity index (χ4v) is 4.73. The smallest absolute Gasteiger partial charge is 0.339 e. The second kappa shape index (κ2) is 9.35. The lowest BCUT2D eigenvalue weighted by Gasteiger charge is -2.22. The van der Waals surface area contributed by atoms with Gasteiger partial charge in [0, 0.05) is 12.1 Å². The summed E-state index contributed by atoms with van der Waals surface area (Å²) in [5, 5.41) is 0.354. The maximum absolute atomic E-state index is 12.8. The first-order valence-corrected chi connectivity index (χ1v) is 11.6. The van der Waals surface area contributed by atoms with E-state index in [1.807, 2.05) is 53.4 Å². The number of amides is 1. The van der Waals surface area contributed by atoms with Crippen molar-refractivity contribution in [2.45, 2.75) is 32.0 Å². The van der Waals surface area contributed by atoms with Gasteiger partial charge in [-0.05, 0) is 71.5 Å². The Bertz CT molecular complexity index is 1300. The largest absolute Gasteiger partial charge is 0.489 e. The number of halogens is 1. The third-order valence-corrected chi connectivity index (χ3v) is 6.66.